The first-order chi connectivity index (χ1) is 17.7. The van der Waals surface area contributed by atoms with Crippen LogP contribution < -0.4 is 0 Å². The number of unbranched alkanes of at least 4 members (excludes halogenated alkanes) is 20. The highest BCUT2D eigenvalue weighted by Gasteiger charge is 2.15. The third kappa shape index (κ3) is 22.5. The molecule has 0 rings (SSSR count). The Morgan fingerprint density at radius 1 is 0.333 bits per heavy atom. The molecule has 0 aromatic carbocycles. The average molecular weight is 507 g/mol. The highest BCUT2D eigenvalue weighted by atomic mass is 15.3. The van der Waals surface area contributed by atoms with Crippen molar-refractivity contribution in [3.05, 3.63) is 12.4 Å². The van der Waals surface area contributed by atoms with Gasteiger partial charge < -0.3 is 9.80 Å². The Morgan fingerprint density at radius 3 is 0.750 bits per heavy atom. The van der Waals surface area contributed by atoms with Crippen LogP contribution >= 0.6 is 0 Å². The van der Waals surface area contributed by atoms with Crippen molar-refractivity contribution in [3.8, 4) is 0 Å². The second-order valence-electron chi connectivity index (χ2n) is 11.5. The zero-order valence-corrected chi connectivity index (χ0v) is 25.9. The maximum absolute atomic E-state index is 4.72. The van der Waals surface area contributed by atoms with E-state index in [1.54, 1.807) is 0 Å². The number of hydrogen-bond acceptors (Lipinski definition) is 2. The predicted octanol–water partition coefficient (Wildman–Crippen LogP) is 11.5. The van der Waals surface area contributed by atoms with Crippen LogP contribution in [0.5, 0.6) is 0 Å². The van der Waals surface area contributed by atoms with E-state index >= 15 is 0 Å². The minimum absolute atomic E-state index is 1.21. The first-order valence-corrected chi connectivity index (χ1v) is 16.9. The lowest BCUT2D eigenvalue weighted by Gasteiger charge is -2.36. The topological polar surface area (TPSA) is 6.48 Å². The van der Waals surface area contributed by atoms with Gasteiger partial charge in [0.05, 0.1) is 5.82 Å². The molecule has 36 heavy (non-hydrogen) atoms. The molecule has 0 radical (unpaired) electrons. The van der Waals surface area contributed by atoms with Crippen LogP contribution in [-0.4, -0.2) is 36.0 Å². The SMILES string of the molecule is C=C(N(CCCCCCCC)CCCCCCCC)N(CCCCCCCC)CCCCCCCC. The predicted molar refractivity (Wildman–Crippen MR) is 166 cm³/mol. The van der Waals surface area contributed by atoms with Crippen molar-refractivity contribution < 1.29 is 0 Å². The molecule has 0 spiro atoms. The van der Waals surface area contributed by atoms with Crippen LogP contribution in [0.15, 0.2) is 12.4 Å². The van der Waals surface area contributed by atoms with Gasteiger partial charge in [-0.1, -0.05) is 163 Å². The quantitative estimate of drug-likeness (QED) is 0.0893. The molecule has 0 aromatic rings. The second kappa shape index (κ2) is 28.9. The van der Waals surface area contributed by atoms with Gasteiger partial charge in [0.15, 0.2) is 0 Å². The summed E-state index contributed by atoms with van der Waals surface area (Å²) in [6, 6.07) is 0. The Kier molecular flexibility index (Phi) is 28.4. The largest absolute Gasteiger partial charge is 0.359 e. The zero-order valence-electron chi connectivity index (χ0n) is 25.9. The van der Waals surface area contributed by atoms with Crippen LogP contribution in [0, 0.1) is 0 Å². The molecule has 0 aliphatic rings. The fraction of sp³-hybridized carbons (Fsp3) is 0.941. The minimum Gasteiger partial charge on any atom is -0.359 e. The Labute approximate surface area is 230 Å². The average Bonchev–Trinajstić information content (AvgIpc) is 2.89. The van der Waals surface area contributed by atoms with Gasteiger partial charge in [-0.3, -0.25) is 0 Å². The zero-order chi connectivity index (χ0) is 26.5. The van der Waals surface area contributed by atoms with Gasteiger partial charge in [0.2, 0.25) is 0 Å². The van der Waals surface area contributed by atoms with E-state index in [1.165, 1.54) is 186 Å². The molecule has 0 aromatic heterocycles. The maximum atomic E-state index is 4.72. The lowest BCUT2D eigenvalue weighted by molar-refractivity contribution is 0.197. The van der Waals surface area contributed by atoms with E-state index in [2.05, 4.69) is 37.5 Å². The van der Waals surface area contributed by atoms with Gasteiger partial charge in [-0.25, -0.2) is 0 Å². The van der Waals surface area contributed by atoms with Crippen molar-refractivity contribution in [1.82, 2.24) is 9.80 Å². The monoisotopic (exact) mass is 507 g/mol. The van der Waals surface area contributed by atoms with E-state index in [0.717, 1.165) is 0 Å². The summed E-state index contributed by atoms with van der Waals surface area (Å²) >= 11 is 0. The van der Waals surface area contributed by atoms with E-state index in [1.807, 2.05) is 0 Å². The minimum atomic E-state index is 1.21. The molecule has 2 nitrogen and oxygen atoms in total. The highest BCUT2D eigenvalue weighted by Crippen LogP contribution is 2.18. The maximum Gasteiger partial charge on any atom is 0.0965 e. The lowest BCUT2D eigenvalue weighted by atomic mass is 10.1. The third-order valence-electron chi connectivity index (χ3n) is 7.86. The number of rotatable bonds is 30. The van der Waals surface area contributed by atoms with Crippen LogP contribution in [0.2, 0.25) is 0 Å². The van der Waals surface area contributed by atoms with Crippen molar-refractivity contribution in [1.29, 1.82) is 0 Å². The van der Waals surface area contributed by atoms with Crippen molar-refractivity contribution in [2.75, 3.05) is 26.2 Å². The van der Waals surface area contributed by atoms with Gasteiger partial charge in [0, 0.05) is 26.2 Å². The van der Waals surface area contributed by atoms with E-state index in [9.17, 15) is 0 Å². The molecule has 0 bridgehead atoms. The van der Waals surface area contributed by atoms with Gasteiger partial charge in [-0.15, -0.1) is 0 Å². The molecular formula is C34H70N2. The summed E-state index contributed by atoms with van der Waals surface area (Å²) in [6.45, 7) is 18.8. The van der Waals surface area contributed by atoms with Gasteiger partial charge in [0.1, 0.15) is 0 Å². The molecule has 0 N–H and O–H groups in total. The Morgan fingerprint density at radius 2 is 0.528 bits per heavy atom. The van der Waals surface area contributed by atoms with Crippen LogP contribution in [-0.2, 0) is 0 Å². The fourth-order valence-electron chi connectivity index (χ4n) is 5.27. The van der Waals surface area contributed by atoms with E-state index in [0.29, 0.717) is 0 Å². The van der Waals surface area contributed by atoms with E-state index < -0.39 is 0 Å². The summed E-state index contributed by atoms with van der Waals surface area (Å²) in [5.74, 6) is 1.35. The van der Waals surface area contributed by atoms with Crippen molar-refractivity contribution >= 4 is 0 Å². The molecular weight excluding hydrogens is 436 g/mol. The van der Waals surface area contributed by atoms with Crippen LogP contribution in [0.3, 0.4) is 0 Å². The molecule has 0 saturated carbocycles. The normalized spacial score (nSPS) is 11.2. The Balaban J connectivity index is 4.82. The second-order valence-corrected chi connectivity index (χ2v) is 11.5. The Hall–Kier alpha value is -0.660. The molecule has 216 valence electrons. The van der Waals surface area contributed by atoms with Crippen molar-refractivity contribution in [2.24, 2.45) is 0 Å². The molecule has 0 amide bonds. The molecule has 2 heteroatoms. The molecule has 0 unspecified atom stereocenters. The van der Waals surface area contributed by atoms with E-state index in [-0.39, 0.29) is 0 Å². The first-order valence-electron chi connectivity index (χ1n) is 16.9. The molecule has 0 atom stereocenters. The molecule has 0 saturated heterocycles. The first kappa shape index (κ1) is 35.3. The summed E-state index contributed by atoms with van der Waals surface area (Å²) in [5.41, 5.74) is 0. The molecule has 0 heterocycles. The van der Waals surface area contributed by atoms with Crippen molar-refractivity contribution in [2.45, 2.75) is 182 Å². The summed E-state index contributed by atoms with van der Waals surface area (Å²) in [5, 5.41) is 0. The number of nitrogens with zero attached hydrogens (tertiary/aromatic N) is 2. The van der Waals surface area contributed by atoms with Crippen LogP contribution in [0.4, 0.5) is 0 Å². The van der Waals surface area contributed by atoms with Crippen molar-refractivity contribution in [3.63, 3.8) is 0 Å². The third-order valence-corrected chi connectivity index (χ3v) is 7.86. The Bertz CT molecular complexity index is 363. The van der Waals surface area contributed by atoms with Crippen LogP contribution in [0.25, 0.3) is 0 Å². The summed E-state index contributed by atoms with van der Waals surface area (Å²) in [7, 11) is 0. The highest BCUT2D eigenvalue weighted by molar-refractivity contribution is 4.94. The summed E-state index contributed by atoms with van der Waals surface area (Å²) in [6.07, 6.45) is 33.1. The smallest absolute Gasteiger partial charge is 0.0965 e. The molecule has 0 fully saturated rings. The van der Waals surface area contributed by atoms with E-state index in [4.69, 9.17) is 6.58 Å². The van der Waals surface area contributed by atoms with Gasteiger partial charge in [0.25, 0.3) is 0 Å². The summed E-state index contributed by atoms with van der Waals surface area (Å²) < 4.78 is 0. The number of hydrogen-bond donors (Lipinski definition) is 0. The standard InChI is InChI=1S/C34H70N2/c1-6-10-14-18-22-26-30-35(31-27-23-19-15-11-7-2)34(5)36(32-28-24-20-16-12-8-3)33-29-25-21-17-13-9-4/h5-33H2,1-4H3. The summed E-state index contributed by atoms with van der Waals surface area (Å²) in [4.78, 5) is 5.38. The van der Waals surface area contributed by atoms with Crippen LogP contribution in [0.1, 0.15) is 182 Å². The fourth-order valence-corrected chi connectivity index (χ4v) is 5.27. The van der Waals surface area contributed by atoms with Gasteiger partial charge >= 0.3 is 0 Å². The van der Waals surface area contributed by atoms with Gasteiger partial charge in [-0.2, -0.15) is 0 Å². The lowest BCUT2D eigenvalue weighted by Crippen LogP contribution is -2.37. The molecule has 0 aliphatic carbocycles. The molecule has 0 aliphatic heterocycles. The van der Waals surface area contributed by atoms with Gasteiger partial charge in [-0.05, 0) is 25.7 Å².